The molecule has 4 aromatic rings. The van der Waals surface area contributed by atoms with Crippen molar-refractivity contribution >= 4 is 33.1 Å². The molecule has 7 heteroatoms. The number of hydrogen-bond acceptors (Lipinski definition) is 5. The van der Waals surface area contributed by atoms with Crippen molar-refractivity contribution in [1.29, 1.82) is 0 Å². The van der Waals surface area contributed by atoms with Crippen molar-refractivity contribution in [3.8, 4) is 22.8 Å². The van der Waals surface area contributed by atoms with Gasteiger partial charge in [-0.15, -0.1) is 0 Å². The Morgan fingerprint density at radius 3 is 2.81 bits per heavy atom. The van der Waals surface area contributed by atoms with E-state index in [-0.39, 0.29) is 5.75 Å². The van der Waals surface area contributed by atoms with Gasteiger partial charge in [0.1, 0.15) is 11.5 Å². The van der Waals surface area contributed by atoms with Crippen molar-refractivity contribution in [2.45, 2.75) is 6.92 Å². The number of fused-ring (bicyclic) bond motifs is 1. The Hall–Kier alpha value is -3.06. The van der Waals surface area contributed by atoms with Gasteiger partial charge in [-0.1, -0.05) is 22.0 Å². The summed E-state index contributed by atoms with van der Waals surface area (Å²) in [5, 5.41) is 13.4. The maximum Gasteiger partial charge on any atom is 0.161 e. The number of nitrogens with one attached hydrogen (secondary N) is 1. The number of imidazole rings is 1. The zero-order valence-corrected chi connectivity index (χ0v) is 16.4. The van der Waals surface area contributed by atoms with Gasteiger partial charge in [-0.3, -0.25) is 9.38 Å². The number of anilines is 2. The number of phenols is 1. The van der Waals surface area contributed by atoms with E-state index in [1.165, 1.54) is 7.11 Å². The molecule has 0 atom stereocenters. The van der Waals surface area contributed by atoms with Crippen LogP contribution in [0.15, 0.2) is 59.5 Å². The van der Waals surface area contributed by atoms with Crippen molar-refractivity contribution in [3.63, 3.8) is 0 Å². The third-order valence-corrected chi connectivity index (χ3v) is 5.17. The number of aryl methyl sites for hydroxylation is 1. The quantitative estimate of drug-likeness (QED) is 0.486. The highest BCUT2D eigenvalue weighted by atomic mass is 79.9. The fourth-order valence-electron chi connectivity index (χ4n) is 2.86. The van der Waals surface area contributed by atoms with Crippen LogP contribution in [0, 0.1) is 6.92 Å². The lowest BCUT2D eigenvalue weighted by Gasteiger charge is -2.11. The van der Waals surface area contributed by atoms with Gasteiger partial charge in [0, 0.05) is 28.1 Å². The molecule has 2 aromatic carbocycles. The van der Waals surface area contributed by atoms with Gasteiger partial charge in [0.15, 0.2) is 17.1 Å². The third-order valence-electron chi connectivity index (χ3n) is 4.32. The molecule has 6 nitrogen and oxygen atoms in total. The van der Waals surface area contributed by atoms with E-state index in [0.29, 0.717) is 11.4 Å². The summed E-state index contributed by atoms with van der Waals surface area (Å²) >= 11 is 3.57. The fourth-order valence-corrected chi connectivity index (χ4v) is 3.24. The summed E-state index contributed by atoms with van der Waals surface area (Å²) in [5.41, 5.74) is 4.36. The van der Waals surface area contributed by atoms with Gasteiger partial charge in [0.2, 0.25) is 0 Å². The van der Waals surface area contributed by atoms with Crippen molar-refractivity contribution in [2.75, 3.05) is 12.4 Å². The lowest BCUT2D eigenvalue weighted by atomic mass is 10.1. The van der Waals surface area contributed by atoms with E-state index in [2.05, 4.69) is 26.2 Å². The molecule has 0 aliphatic carbocycles. The number of aromatic nitrogens is 3. The van der Waals surface area contributed by atoms with E-state index >= 15 is 0 Å². The Morgan fingerprint density at radius 1 is 1.19 bits per heavy atom. The molecule has 0 spiro atoms. The number of methoxy groups -OCH3 is 1. The Morgan fingerprint density at radius 2 is 2.04 bits per heavy atom. The van der Waals surface area contributed by atoms with Crippen molar-refractivity contribution in [1.82, 2.24) is 14.4 Å². The van der Waals surface area contributed by atoms with E-state index < -0.39 is 0 Å². The average molecular weight is 425 g/mol. The van der Waals surface area contributed by atoms with Crippen molar-refractivity contribution < 1.29 is 9.84 Å². The van der Waals surface area contributed by atoms with Crippen LogP contribution in [0.1, 0.15) is 5.56 Å². The molecule has 0 saturated heterocycles. The largest absolute Gasteiger partial charge is 0.504 e. The van der Waals surface area contributed by atoms with Gasteiger partial charge in [0.25, 0.3) is 0 Å². The highest BCUT2D eigenvalue weighted by Crippen LogP contribution is 2.36. The summed E-state index contributed by atoms with van der Waals surface area (Å²) in [7, 11) is 1.52. The Balaban J connectivity index is 1.88. The van der Waals surface area contributed by atoms with Crippen LogP contribution in [0.25, 0.3) is 16.9 Å². The van der Waals surface area contributed by atoms with Gasteiger partial charge in [-0.05, 0) is 42.8 Å². The molecule has 0 saturated carbocycles. The minimum atomic E-state index is 0.0867. The van der Waals surface area contributed by atoms with Crippen LogP contribution in [0.2, 0.25) is 0 Å². The first kappa shape index (κ1) is 17.4. The highest BCUT2D eigenvalue weighted by Gasteiger charge is 2.16. The van der Waals surface area contributed by atoms with Crippen LogP contribution in [0.5, 0.6) is 11.5 Å². The predicted molar refractivity (Wildman–Crippen MR) is 109 cm³/mol. The summed E-state index contributed by atoms with van der Waals surface area (Å²) in [5.74, 6) is 1.28. The second-order valence-corrected chi connectivity index (χ2v) is 6.94. The summed E-state index contributed by atoms with van der Waals surface area (Å²) in [4.78, 5) is 8.87. The van der Waals surface area contributed by atoms with Gasteiger partial charge >= 0.3 is 0 Å². The summed E-state index contributed by atoms with van der Waals surface area (Å²) in [6, 6.07) is 11.3. The van der Waals surface area contributed by atoms with Crippen molar-refractivity contribution in [3.05, 3.63) is 65.0 Å². The van der Waals surface area contributed by atoms with E-state index in [1.807, 2.05) is 41.8 Å². The zero-order chi connectivity index (χ0) is 19.0. The molecule has 0 radical (unpaired) electrons. The molecule has 0 fully saturated rings. The Bertz CT molecular complexity index is 1140. The first-order chi connectivity index (χ1) is 13.1. The first-order valence-electron chi connectivity index (χ1n) is 8.29. The monoisotopic (exact) mass is 424 g/mol. The molecule has 0 bridgehead atoms. The minimum absolute atomic E-state index is 0.0867. The molecule has 2 heterocycles. The van der Waals surface area contributed by atoms with E-state index in [1.54, 1.807) is 24.5 Å². The first-order valence-corrected chi connectivity index (χ1v) is 9.09. The highest BCUT2D eigenvalue weighted by molar-refractivity contribution is 9.10. The molecule has 2 N–H and O–H groups in total. The fraction of sp³-hybridized carbons (Fsp3) is 0.100. The van der Waals surface area contributed by atoms with Crippen LogP contribution in [0.4, 0.5) is 11.5 Å². The maximum atomic E-state index is 9.90. The molecule has 0 aliphatic rings. The molecule has 0 amide bonds. The molecular formula is C20H17BrN4O2. The number of ether oxygens (including phenoxy) is 1. The smallest absolute Gasteiger partial charge is 0.161 e. The molecule has 4 rings (SSSR count). The molecule has 2 aromatic heterocycles. The van der Waals surface area contributed by atoms with Crippen LogP contribution in [-0.2, 0) is 0 Å². The summed E-state index contributed by atoms with van der Waals surface area (Å²) < 4.78 is 8.21. The molecular weight excluding hydrogens is 408 g/mol. The number of hydrogen-bond donors (Lipinski definition) is 2. The number of benzene rings is 2. The number of halogens is 1. The lowest BCUT2D eigenvalue weighted by molar-refractivity contribution is 0.373. The SMILES string of the molecule is COc1cc(-c2nc3cnccn3c2Nc2ccc(C)c(Br)c2)ccc1O. The zero-order valence-electron chi connectivity index (χ0n) is 14.8. The molecule has 27 heavy (non-hydrogen) atoms. The van der Waals surface area contributed by atoms with Gasteiger partial charge in [-0.25, -0.2) is 4.98 Å². The van der Waals surface area contributed by atoms with E-state index in [0.717, 1.165) is 32.8 Å². The Kier molecular flexibility index (Phi) is 4.45. The maximum absolute atomic E-state index is 9.90. The second-order valence-electron chi connectivity index (χ2n) is 6.09. The second kappa shape index (κ2) is 6.92. The average Bonchev–Trinajstić information content (AvgIpc) is 3.04. The van der Waals surface area contributed by atoms with E-state index in [9.17, 15) is 5.11 Å². The third kappa shape index (κ3) is 3.21. The summed E-state index contributed by atoms with van der Waals surface area (Å²) in [6.45, 7) is 2.04. The van der Waals surface area contributed by atoms with Gasteiger partial charge < -0.3 is 15.2 Å². The van der Waals surface area contributed by atoms with Crippen LogP contribution in [-0.4, -0.2) is 26.6 Å². The van der Waals surface area contributed by atoms with Crippen molar-refractivity contribution in [2.24, 2.45) is 0 Å². The van der Waals surface area contributed by atoms with Crippen LogP contribution < -0.4 is 10.1 Å². The standard InChI is InChI=1S/C20H17BrN4O2/c1-12-3-5-14(10-15(12)21)23-20-19(24-18-11-22-7-8-25(18)20)13-4-6-16(26)17(9-13)27-2/h3-11,23,26H,1-2H3. The lowest BCUT2D eigenvalue weighted by Crippen LogP contribution is -1.97. The topological polar surface area (TPSA) is 71.7 Å². The Labute approximate surface area is 164 Å². The van der Waals surface area contributed by atoms with Gasteiger partial charge in [0.05, 0.1) is 13.3 Å². The minimum Gasteiger partial charge on any atom is -0.504 e. The normalized spacial score (nSPS) is 10.9. The molecule has 136 valence electrons. The van der Waals surface area contributed by atoms with Gasteiger partial charge in [-0.2, -0.15) is 0 Å². The summed E-state index contributed by atoms with van der Waals surface area (Å²) in [6.07, 6.45) is 5.28. The van der Waals surface area contributed by atoms with E-state index in [4.69, 9.17) is 9.72 Å². The number of nitrogens with zero attached hydrogens (tertiary/aromatic N) is 3. The van der Waals surface area contributed by atoms with Crippen LogP contribution in [0.3, 0.4) is 0 Å². The number of phenolic OH excluding ortho intramolecular Hbond substituents is 1. The van der Waals surface area contributed by atoms with Crippen LogP contribution >= 0.6 is 15.9 Å². The molecule has 0 unspecified atom stereocenters. The number of rotatable bonds is 4. The molecule has 0 aliphatic heterocycles. The number of aromatic hydroxyl groups is 1. The predicted octanol–water partition coefficient (Wildman–Crippen LogP) is 4.93.